The SMILES string of the molecule is O=C(NC1CCOCC1)N[C@@H](CO)C(=O)O. The third kappa shape index (κ3) is 4.03. The fourth-order valence-corrected chi connectivity index (χ4v) is 1.41. The summed E-state index contributed by atoms with van der Waals surface area (Å²) in [5, 5.41) is 22.1. The maximum Gasteiger partial charge on any atom is 0.328 e. The molecule has 0 radical (unpaired) electrons. The zero-order valence-corrected chi connectivity index (χ0v) is 8.81. The minimum absolute atomic E-state index is 0.00175. The third-order valence-corrected chi connectivity index (χ3v) is 2.34. The van der Waals surface area contributed by atoms with Gasteiger partial charge in [0.25, 0.3) is 0 Å². The molecular formula is C9H16N2O5. The molecule has 0 aromatic carbocycles. The Bertz CT molecular complexity index is 252. The highest BCUT2D eigenvalue weighted by Crippen LogP contribution is 2.05. The van der Waals surface area contributed by atoms with Crippen LogP contribution >= 0.6 is 0 Å². The van der Waals surface area contributed by atoms with Crippen LogP contribution < -0.4 is 10.6 Å². The van der Waals surface area contributed by atoms with E-state index in [-0.39, 0.29) is 6.04 Å². The number of aliphatic carboxylic acids is 1. The highest BCUT2D eigenvalue weighted by Gasteiger charge is 2.21. The monoisotopic (exact) mass is 232 g/mol. The second-order valence-electron chi connectivity index (χ2n) is 3.58. The molecule has 1 heterocycles. The van der Waals surface area contributed by atoms with E-state index in [1.54, 1.807) is 0 Å². The fourth-order valence-electron chi connectivity index (χ4n) is 1.41. The number of urea groups is 1. The third-order valence-electron chi connectivity index (χ3n) is 2.34. The lowest BCUT2D eigenvalue weighted by Gasteiger charge is -2.24. The van der Waals surface area contributed by atoms with E-state index in [1.807, 2.05) is 0 Å². The largest absolute Gasteiger partial charge is 0.480 e. The second-order valence-corrected chi connectivity index (χ2v) is 3.58. The fraction of sp³-hybridized carbons (Fsp3) is 0.778. The summed E-state index contributed by atoms with van der Waals surface area (Å²) in [7, 11) is 0. The molecule has 1 rings (SSSR count). The molecule has 1 aliphatic heterocycles. The highest BCUT2D eigenvalue weighted by atomic mass is 16.5. The summed E-state index contributed by atoms with van der Waals surface area (Å²) >= 11 is 0. The molecule has 16 heavy (non-hydrogen) atoms. The van der Waals surface area contributed by atoms with Gasteiger partial charge in [-0.25, -0.2) is 9.59 Å². The van der Waals surface area contributed by atoms with Gasteiger partial charge in [-0.3, -0.25) is 0 Å². The van der Waals surface area contributed by atoms with Crippen LogP contribution in [-0.4, -0.2) is 54.1 Å². The number of carbonyl (C=O) groups is 2. The van der Waals surface area contributed by atoms with Crippen molar-refractivity contribution in [3.8, 4) is 0 Å². The molecule has 2 amide bonds. The topological polar surface area (TPSA) is 108 Å². The van der Waals surface area contributed by atoms with Gasteiger partial charge >= 0.3 is 12.0 Å². The van der Waals surface area contributed by atoms with Gasteiger partial charge in [0.15, 0.2) is 6.04 Å². The maximum absolute atomic E-state index is 11.3. The first-order chi connectivity index (χ1) is 7.63. The molecule has 1 saturated heterocycles. The second kappa shape index (κ2) is 6.29. The van der Waals surface area contributed by atoms with Gasteiger partial charge in [-0.1, -0.05) is 0 Å². The van der Waals surface area contributed by atoms with E-state index in [1.165, 1.54) is 0 Å². The lowest BCUT2D eigenvalue weighted by Crippen LogP contribution is -2.51. The van der Waals surface area contributed by atoms with Crippen molar-refractivity contribution in [3.63, 3.8) is 0 Å². The molecule has 7 nitrogen and oxygen atoms in total. The molecule has 4 N–H and O–H groups in total. The summed E-state index contributed by atoms with van der Waals surface area (Å²) in [6.45, 7) is 0.553. The van der Waals surface area contributed by atoms with Crippen LogP contribution in [0, 0.1) is 0 Å². The number of carboxylic acids is 1. The van der Waals surface area contributed by atoms with Crippen LogP contribution in [0.25, 0.3) is 0 Å². The minimum atomic E-state index is -1.26. The smallest absolute Gasteiger partial charge is 0.328 e. The van der Waals surface area contributed by atoms with Gasteiger partial charge in [-0.2, -0.15) is 0 Å². The predicted octanol–water partition coefficient (Wildman–Crippen LogP) is -1.09. The number of amides is 2. The average Bonchev–Trinajstić information content (AvgIpc) is 2.27. The van der Waals surface area contributed by atoms with Crippen molar-refractivity contribution in [1.29, 1.82) is 0 Å². The first kappa shape index (κ1) is 12.7. The Labute approximate surface area is 92.8 Å². The van der Waals surface area contributed by atoms with Gasteiger partial charge in [0.1, 0.15) is 0 Å². The van der Waals surface area contributed by atoms with Crippen molar-refractivity contribution in [3.05, 3.63) is 0 Å². The van der Waals surface area contributed by atoms with E-state index in [4.69, 9.17) is 14.9 Å². The number of rotatable bonds is 4. The Morgan fingerprint density at radius 3 is 2.50 bits per heavy atom. The van der Waals surface area contributed by atoms with Crippen LogP contribution in [0.2, 0.25) is 0 Å². The van der Waals surface area contributed by atoms with Gasteiger partial charge < -0.3 is 25.6 Å². The lowest BCUT2D eigenvalue weighted by molar-refractivity contribution is -0.140. The first-order valence-electron chi connectivity index (χ1n) is 5.12. The molecular weight excluding hydrogens is 216 g/mol. The highest BCUT2D eigenvalue weighted by molar-refractivity contribution is 5.82. The molecule has 92 valence electrons. The summed E-state index contributed by atoms with van der Waals surface area (Å²) in [4.78, 5) is 21.9. The first-order valence-corrected chi connectivity index (χ1v) is 5.12. The summed E-state index contributed by atoms with van der Waals surface area (Å²) < 4.78 is 5.12. The van der Waals surface area contributed by atoms with Crippen LogP contribution in [0.1, 0.15) is 12.8 Å². The number of aliphatic hydroxyl groups excluding tert-OH is 1. The van der Waals surface area contributed by atoms with Gasteiger partial charge in [0.05, 0.1) is 6.61 Å². The van der Waals surface area contributed by atoms with Gasteiger partial charge in [0, 0.05) is 19.3 Å². The normalized spacial score (nSPS) is 18.8. The molecule has 0 aromatic rings. The predicted molar refractivity (Wildman–Crippen MR) is 54.0 cm³/mol. The van der Waals surface area contributed by atoms with Crippen molar-refractivity contribution < 1.29 is 24.5 Å². The quantitative estimate of drug-likeness (QED) is 0.492. The number of hydrogen-bond acceptors (Lipinski definition) is 4. The number of carboxylic acid groups (broad SMARTS) is 1. The minimum Gasteiger partial charge on any atom is -0.480 e. The summed E-state index contributed by atoms with van der Waals surface area (Å²) in [6.07, 6.45) is 1.43. The number of aliphatic hydroxyl groups is 1. The van der Waals surface area contributed by atoms with E-state index in [0.717, 1.165) is 0 Å². The van der Waals surface area contributed by atoms with Crippen LogP contribution in [0.5, 0.6) is 0 Å². The molecule has 0 aromatic heterocycles. The molecule has 1 aliphatic rings. The Hall–Kier alpha value is -1.34. The average molecular weight is 232 g/mol. The molecule has 0 spiro atoms. The Balaban J connectivity index is 2.31. The van der Waals surface area contributed by atoms with E-state index in [9.17, 15) is 9.59 Å². The van der Waals surface area contributed by atoms with E-state index >= 15 is 0 Å². The molecule has 0 saturated carbocycles. The van der Waals surface area contributed by atoms with Crippen molar-refractivity contribution in [2.45, 2.75) is 24.9 Å². The van der Waals surface area contributed by atoms with Crippen molar-refractivity contribution in [1.82, 2.24) is 10.6 Å². The Morgan fingerprint density at radius 1 is 1.38 bits per heavy atom. The van der Waals surface area contributed by atoms with Crippen molar-refractivity contribution in [2.75, 3.05) is 19.8 Å². The Morgan fingerprint density at radius 2 is 2.00 bits per heavy atom. The van der Waals surface area contributed by atoms with Gasteiger partial charge in [-0.15, -0.1) is 0 Å². The van der Waals surface area contributed by atoms with Crippen molar-refractivity contribution >= 4 is 12.0 Å². The van der Waals surface area contributed by atoms with E-state index in [2.05, 4.69) is 10.6 Å². The van der Waals surface area contributed by atoms with Crippen molar-refractivity contribution in [2.24, 2.45) is 0 Å². The van der Waals surface area contributed by atoms with Crippen LogP contribution in [0.3, 0.4) is 0 Å². The molecule has 0 aliphatic carbocycles. The molecule has 0 bridgehead atoms. The molecule has 1 fully saturated rings. The van der Waals surface area contributed by atoms with Crippen LogP contribution in [-0.2, 0) is 9.53 Å². The summed E-state index contributed by atoms with van der Waals surface area (Å²) in [6, 6.07) is -1.84. The molecule has 0 unspecified atom stereocenters. The van der Waals surface area contributed by atoms with Crippen LogP contribution in [0.4, 0.5) is 4.79 Å². The van der Waals surface area contributed by atoms with E-state index < -0.39 is 24.6 Å². The standard InChI is InChI=1S/C9H16N2O5/c12-5-7(8(13)14)11-9(15)10-6-1-3-16-4-2-6/h6-7,12H,1-5H2,(H,13,14)(H2,10,11,15)/t7-/m0/s1. The number of nitrogens with one attached hydrogen (secondary N) is 2. The summed E-state index contributed by atoms with van der Waals surface area (Å²) in [5.41, 5.74) is 0. The summed E-state index contributed by atoms with van der Waals surface area (Å²) in [5.74, 6) is -1.26. The Kier molecular flexibility index (Phi) is 5.00. The van der Waals surface area contributed by atoms with Crippen LogP contribution in [0.15, 0.2) is 0 Å². The van der Waals surface area contributed by atoms with E-state index in [0.29, 0.717) is 26.1 Å². The maximum atomic E-state index is 11.3. The zero-order chi connectivity index (χ0) is 12.0. The zero-order valence-electron chi connectivity index (χ0n) is 8.81. The van der Waals surface area contributed by atoms with Gasteiger partial charge in [-0.05, 0) is 12.8 Å². The number of ether oxygens (including phenoxy) is 1. The lowest BCUT2D eigenvalue weighted by atomic mass is 10.1. The number of hydrogen-bond donors (Lipinski definition) is 4. The number of carbonyl (C=O) groups excluding carboxylic acids is 1. The molecule has 1 atom stereocenters. The van der Waals surface area contributed by atoms with Gasteiger partial charge in [0.2, 0.25) is 0 Å². The molecule has 7 heteroatoms.